The Labute approximate surface area is 84.1 Å². The van der Waals surface area contributed by atoms with Crippen LogP contribution in [0.15, 0.2) is 29.2 Å². The summed E-state index contributed by atoms with van der Waals surface area (Å²) < 4.78 is 0.855. The lowest BCUT2D eigenvalue weighted by molar-refractivity contribution is 1.13. The van der Waals surface area contributed by atoms with E-state index in [0.717, 1.165) is 4.09 Å². The predicted octanol–water partition coefficient (Wildman–Crippen LogP) is 1.27. The molecule has 2 heterocycles. The van der Waals surface area contributed by atoms with Crippen molar-refractivity contribution in [3.8, 4) is 6.07 Å². The van der Waals surface area contributed by atoms with Crippen LogP contribution in [-0.2, 0) is 0 Å². The third kappa shape index (κ3) is 1.15. The van der Waals surface area contributed by atoms with Gasteiger partial charge in [0.05, 0.1) is 0 Å². The monoisotopic (exact) mass is 205 g/mol. The maximum atomic E-state index is 11.4. The molecule has 2 aromatic heterocycles. The fourth-order valence-corrected chi connectivity index (χ4v) is 1.42. The third-order valence-corrected chi connectivity index (χ3v) is 2.15. The lowest BCUT2D eigenvalue weighted by Gasteiger charge is -2.00. The van der Waals surface area contributed by atoms with E-state index in [1.54, 1.807) is 18.2 Å². The van der Waals surface area contributed by atoms with E-state index in [9.17, 15) is 4.79 Å². The Kier molecular flexibility index (Phi) is 1.95. The Hall–Kier alpha value is -1.86. The van der Waals surface area contributed by atoms with Gasteiger partial charge in [0.1, 0.15) is 11.6 Å². The molecule has 4 nitrogen and oxygen atoms in total. The maximum absolute atomic E-state index is 11.4. The van der Waals surface area contributed by atoms with Crippen LogP contribution in [0.3, 0.4) is 0 Å². The number of hydrogen-bond acceptors (Lipinski definition) is 3. The first-order valence-electron chi connectivity index (χ1n) is 3.81. The van der Waals surface area contributed by atoms with E-state index >= 15 is 0 Å². The molecular weight excluding hydrogens is 202 g/mol. The molecule has 0 spiro atoms. The number of fused-ring (bicyclic) bond motifs is 1. The van der Waals surface area contributed by atoms with E-state index in [1.807, 2.05) is 0 Å². The van der Waals surface area contributed by atoms with Crippen LogP contribution in [-0.4, -0.2) is 9.07 Å². The van der Waals surface area contributed by atoms with Gasteiger partial charge in [0, 0.05) is 23.4 Å². The standard InChI is InChI=1S/C9H4ClN3O/c10-13-8-6(2-1-3-12-8)4-7(5-11)9(13)14/h1-4H. The van der Waals surface area contributed by atoms with Crippen LogP contribution >= 0.6 is 11.8 Å². The zero-order valence-corrected chi connectivity index (χ0v) is 7.69. The SMILES string of the molecule is N#Cc1cc2cccnc2n(Cl)c1=O. The molecule has 0 aromatic carbocycles. The molecule has 14 heavy (non-hydrogen) atoms. The lowest BCUT2D eigenvalue weighted by Crippen LogP contribution is -2.16. The summed E-state index contributed by atoms with van der Waals surface area (Å²) in [4.78, 5) is 15.3. The molecule has 0 saturated heterocycles. The van der Waals surface area contributed by atoms with E-state index in [2.05, 4.69) is 4.98 Å². The molecule has 0 saturated carbocycles. The van der Waals surface area contributed by atoms with Crippen LogP contribution in [0.2, 0.25) is 0 Å². The van der Waals surface area contributed by atoms with Crippen LogP contribution in [0.4, 0.5) is 0 Å². The summed E-state index contributed by atoms with van der Waals surface area (Å²) in [5, 5.41) is 9.33. The number of pyridine rings is 2. The molecule has 0 bridgehead atoms. The summed E-state index contributed by atoms with van der Waals surface area (Å²) in [5.74, 6) is 0. The Morgan fingerprint density at radius 3 is 3.07 bits per heavy atom. The van der Waals surface area contributed by atoms with E-state index < -0.39 is 5.56 Å². The van der Waals surface area contributed by atoms with Crippen molar-refractivity contribution in [2.45, 2.75) is 0 Å². The molecule has 0 unspecified atom stereocenters. The Morgan fingerprint density at radius 2 is 2.36 bits per heavy atom. The lowest BCUT2D eigenvalue weighted by atomic mass is 10.2. The molecule has 0 radical (unpaired) electrons. The highest BCUT2D eigenvalue weighted by molar-refractivity contribution is 6.18. The van der Waals surface area contributed by atoms with Gasteiger partial charge in [-0.25, -0.2) is 4.98 Å². The summed E-state index contributed by atoms with van der Waals surface area (Å²) >= 11 is 5.70. The highest BCUT2D eigenvalue weighted by atomic mass is 35.5. The van der Waals surface area contributed by atoms with Crippen LogP contribution in [0, 0.1) is 11.3 Å². The predicted molar refractivity (Wildman–Crippen MR) is 52.0 cm³/mol. The summed E-state index contributed by atoms with van der Waals surface area (Å²) in [6, 6.07) is 6.71. The first-order valence-corrected chi connectivity index (χ1v) is 4.15. The molecule has 0 aliphatic rings. The first kappa shape index (κ1) is 8.73. The molecular formula is C9H4ClN3O. The van der Waals surface area contributed by atoms with Crippen LogP contribution in [0.25, 0.3) is 11.0 Å². The first-order chi connectivity index (χ1) is 6.74. The molecule has 2 rings (SSSR count). The summed E-state index contributed by atoms with van der Waals surface area (Å²) in [6.07, 6.45) is 1.53. The van der Waals surface area contributed by atoms with Crippen molar-refractivity contribution in [3.05, 3.63) is 40.3 Å². The molecule has 0 atom stereocenters. The molecule has 68 valence electrons. The van der Waals surface area contributed by atoms with E-state index in [-0.39, 0.29) is 5.56 Å². The van der Waals surface area contributed by atoms with Crippen molar-refractivity contribution < 1.29 is 0 Å². The topological polar surface area (TPSA) is 58.7 Å². The second-order valence-electron chi connectivity index (χ2n) is 2.67. The van der Waals surface area contributed by atoms with Gasteiger partial charge in [0.25, 0.3) is 5.56 Å². The summed E-state index contributed by atoms with van der Waals surface area (Å²) in [5.41, 5.74) is -0.168. The van der Waals surface area contributed by atoms with E-state index in [0.29, 0.717) is 11.0 Å². The van der Waals surface area contributed by atoms with Gasteiger partial charge in [-0.15, -0.1) is 0 Å². The van der Waals surface area contributed by atoms with Crippen LogP contribution < -0.4 is 5.56 Å². The van der Waals surface area contributed by atoms with Gasteiger partial charge in [-0.3, -0.25) is 4.79 Å². The molecule has 0 amide bonds. The average molecular weight is 206 g/mol. The van der Waals surface area contributed by atoms with Crippen molar-refractivity contribution in [1.82, 2.24) is 9.07 Å². The number of hydrogen-bond donors (Lipinski definition) is 0. The number of aromatic nitrogens is 2. The molecule has 0 fully saturated rings. The smallest absolute Gasteiger partial charge is 0.266 e. The molecule has 5 heteroatoms. The van der Waals surface area contributed by atoms with Crippen molar-refractivity contribution in [1.29, 1.82) is 5.26 Å². The minimum atomic E-state index is -0.541. The maximum Gasteiger partial charge on any atom is 0.284 e. The molecule has 0 N–H and O–H groups in total. The van der Waals surface area contributed by atoms with Crippen LogP contribution in [0.5, 0.6) is 0 Å². The van der Waals surface area contributed by atoms with Crippen molar-refractivity contribution in [2.75, 3.05) is 0 Å². The largest absolute Gasteiger partial charge is 0.284 e. The van der Waals surface area contributed by atoms with Crippen molar-refractivity contribution >= 4 is 22.8 Å². The number of rotatable bonds is 0. The van der Waals surface area contributed by atoms with Gasteiger partial charge < -0.3 is 0 Å². The highest BCUT2D eigenvalue weighted by Gasteiger charge is 2.07. The highest BCUT2D eigenvalue weighted by Crippen LogP contribution is 2.10. The second kappa shape index (κ2) is 3.13. The van der Waals surface area contributed by atoms with Crippen molar-refractivity contribution in [2.24, 2.45) is 0 Å². The van der Waals surface area contributed by atoms with Crippen LogP contribution in [0.1, 0.15) is 5.56 Å². The zero-order chi connectivity index (χ0) is 10.1. The Morgan fingerprint density at radius 1 is 1.57 bits per heavy atom. The van der Waals surface area contributed by atoms with E-state index in [1.165, 1.54) is 12.3 Å². The Bertz CT molecular complexity index is 597. The summed E-state index contributed by atoms with van der Waals surface area (Å²) in [7, 11) is 0. The quantitative estimate of drug-likeness (QED) is 0.651. The van der Waals surface area contributed by atoms with Crippen molar-refractivity contribution in [3.63, 3.8) is 0 Å². The van der Waals surface area contributed by atoms with Gasteiger partial charge >= 0.3 is 0 Å². The molecule has 0 aliphatic carbocycles. The minimum absolute atomic E-state index is 0.0144. The van der Waals surface area contributed by atoms with E-state index in [4.69, 9.17) is 17.0 Å². The zero-order valence-electron chi connectivity index (χ0n) is 6.94. The third-order valence-electron chi connectivity index (χ3n) is 1.83. The summed E-state index contributed by atoms with van der Waals surface area (Å²) in [6.45, 7) is 0. The fourth-order valence-electron chi connectivity index (χ4n) is 1.19. The van der Waals surface area contributed by atoms with Gasteiger partial charge in [-0.1, -0.05) is 0 Å². The Balaban J connectivity index is 3.01. The fraction of sp³-hybridized carbons (Fsp3) is 0. The molecule has 2 aromatic rings. The molecule has 0 aliphatic heterocycles. The van der Waals surface area contributed by atoms with Gasteiger partial charge in [-0.05, 0) is 18.2 Å². The number of halogens is 1. The minimum Gasteiger partial charge on any atom is -0.266 e. The van der Waals surface area contributed by atoms with Gasteiger partial charge in [-0.2, -0.15) is 9.35 Å². The second-order valence-corrected chi connectivity index (χ2v) is 3.01. The van der Waals surface area contributed by atoms with Gasteiger partial charge in [0.15, 0.2) is 5.65 Å². The normalized spacial score (nSPS) is 10.0. The average Bonchev–Trinajstić information content (AvgIpc) is 2.23. The number of nitrogens with zero attached hydrogens (tertiary/aromatic N) is 3. The number of nitriles is 1. The van der Waals surface area contributed by atoms with Gasteiger partial charge in [0.2, 0.25) is 0 Å².